The van der Waals surface area contributed by atoms with E-state index in [0.29, 0.717) is 16.8 Å². The molecule has 1 unspecified atom stereocenters. The summed E-state index contributed by atoms with van der Waals surface area (Å²) in [5, 5.41) is 0.565. The van der Waals surface area contributed by atoms with Crippen molar-refractivity contribution >= 4 is 58.0 Å². The predicted molar refractivity (Wildman–Crippen MR) is 59.0 cm³/mol. The highest BCUT2D eigenvalue weighted by molar-refractivity contribution is 6.46. The monoisotopic (exact) mass is 268 g/mol. The van der Waals surface area contributed by atoms with E-state index in [2.05, 4.69) is 0 Å². The molecule has 0 aliphatic carbocycles. The summed E-state index contributed by atoms with van der Waals surface area (Å²) in [6.07, 6.45) is 0. The first-order valence-electron chi connectivity index (χ1n) is 3.29. The lowest BCUT2D eigenvalue weighted by molar-refractivity contribution is 0.780. The molecule has 12 heavy (non-hydrogen) atoms. The molecule has 0 N–H and O–H groups in total. The number of allylic oxidation sites excluding steroid dienone is 2. The standard InChI is InChI=1S/C7H9Cl5/c1-4(2-8)6(10)5(3-9)7(11)12/h5,7H,2-3H2,1H3/b6-4-. The average molecular weight is 270 g/mol. The third-order valence-electron chi connectivity index (χ3n) is 1.40. The zero-order chi connectivity index (χ0) is 9.72. The van der Waals surface area contributed by atoms with Gasteiger partial charge in [0.05, 0.1) is 0 Å². The van der Waals surface area contributed by atoms with E-state index in [-0.39, 0.29) is 5.92 Å². The predicted octanol–water partition coefficient (Wildman–Crippen LogP) is 4.40. The molecule has 0 aromatic carbocycles. The van der Waals surface area contributed by atoms with Crippen LogP contribution in [0, 0.1) is 5.92 Å². The van der Waals surface area contributed by atoms with Crippen LogP contribution in [-0.4, -0.2) is 16.6 Å². The normalized spacial score (nSPS) is 16.2. The molecule has 72 valence electrons. The van der Waals surface area contributed by atoms with E-state index in [4.69, 9.17) is 58.0 Å². The van der Waals surface area contributed by atoms with Crippen molar-refractivity contribution in [2.24, 2.45) is 5.92 Å². The maximum Gasteiger partial charge on any atom is 0.116 e. The lowest BCUT2D eigenvalue weighted by Crippen LogP contribution is -2.12. The third-order valence-corrected chi connectivity index (χ3v) is 3.35. The van der Waals surface area contributed by atoms with Gasteiger partial charge in [-0.05, 0) is 12.5 Å². The Balaban J connectivity index is 4.51. The first kappa shape index (κ1) is 13.2. The molecule has 1 atom stereocenters. The van der Waals surface area contributed by atoms with Gasteiger partial charge in [-0.2, -0.15) is 0 Å². The maximum atomic E-state index is 5.93. The van der Waals surface area contributed by atoms with Gasteiger partial charge in [-0.25, -0.2) is 0 Å². The van der Waals surface area contributed by atoms with Crippen LogP contribution in [-0.2, 0) is 0 Å². The minimum Gasteiger partial charge on any atom is -0.126 e. The van der Waals surface area contributed by atoms with Crippen molar-refractivity contribution < 1.29 is 0 Å². The van der Waals surface area contributed by atoms with E-state index < -0.39 is 4.84 Å². The smallest absolute Gasteiger partial charge is 0.116 e. The fourth-order valence-electron chi connectivity index (χ4n) is 0.626. The fraction of sp³-hybridized carbons (Fsp3) is 0.714. The Hall–Kier alpha value is 1.19. The number of halogens is 5. The van der Waals surface area contributed by atoms with Crippen LogP contribution in [0.15, 0.2) is 10.6 Å². The first-order chi connectivity index (χ1) is 5.54. The van der Waals surface area contributed by atoms with Crippen LogP contribution in [0.3, 0.4) is 0 Å². The van der Waals surface area contributed by atoms with Crippen molar-refractivity contribution in [3.05, 3.63) is 10.6 Å². The highest BCUT2D eigenvalue weighted by atomic mass is 35.5. The highest BCUT2D eigenvalue weighted by Gasteiger charge is 2.20. The molecule has 0 rings (SSSR count). The summed E-state index contributed by atoms with van der Waals surface area (Å²) in [4.78, 5) is -0.590. The SMILES string of the molecule is C/C(CCl)=C(/Cl)C(CCl)C(Cl)Cl. The molecule has 0 fully saturated rings. The molecular formula is C7H9Cl5. The van der Waals surface area contributed by atoms with Crippen LogP contribution in [0.1, 0.15) is 6.92 Å². The summed E-state index contributed by atoms with van der Waals surface area (Å²) in [5.74, 6) is 0.438. The van der Waals surface area contributed by atoms with Crippen LogP contribution >= 0.6 is 58.0 Å². The Bertz CT molecular complexity index is 163. The van der Waals surface area contributed by atoms with Gasteiger partial charge in [0, 0.05) is 22.7 Å². The van der Waals surface area contributed by atoms with E-state index in [1.54, 1.807) is 0 Å². The van der Waals surface area contributed by atoms with Gasteiger partial charge in [-0.3, -0.25) is 0 Å². The summed E-state index contributed by atoms with van der Waals surface area (Å²) in [6.45, 7) is 1.82. The lowest BCUT2D eigenvalue weighted by atomic mass is 10.1. The summed E-state index contributed by atoms with van der Waals surface area (Å²) in [7, 11) is 0. The Morgan fingerprint density at radius 2 is 1.75 bits per heavy atom. The Labute approximate surface area is 97.8 Å². The van der Waals surface area contributed by atoms with Crippen LogP contribution < -0.4 is 0 Å². The Morgan fingerprint density at radius 1 is 1.25 bits per heavy atom. The van der Waals surface area contributed by atoms with E-state index >= 15 is 0 Å². The second kappa shape index (κ2) is 6.62. The van der Waals surface area contributed by atoms with Gasteiger partial charge in [0.1, 0.15) is 4.84 Å². The van der Waals surface area contributed by atoms with Crippen molar-refractivity contribution in [1.29, 1.82) is 0 Å². The topological polar surface area (TPSA) is 0 Å². The summed E-state index contributed by atoms with van der Waals surface area (Å²) < 4.78 is 0. The van der Waals surface area contributed by atoms with Gasteiger partial charge >= 0.3 is 0 Å². The van der Waals surface area contributed by atoms with Gasteiger partial charge in [-0.1, -0.05) is 11.6 Å². The molecule has 0 bridgehead atoms. The number of hydrogen-bond acceptors (Lipinski definition) is 0. The van der Waals surface area contributed by atoms with Gasteiger partial charge in [0.25, 0.3) is 0 Å². The van der Waals surface area contributed by atoms with Crippen LogP contribution in [0.5, 0.6) is 0 Å². The molecule has 0 aliphatic heterocycles. The Kier molecular flexibility index (Phi) is 7.27. The molecule has 0 saturated carbocycles. The molecule has 0 aliphatic rings. The molecule has 0 aromatic heterocycles. The quantitative estimate of drug-likeness (QED) is 0.664. The largest absolute Gasteiger partial charge is 0.126 e. The minimum absolute atomic E-state index is 0.226. The highest BCUT2D eigenvalue weighted by Crippen LogP contribution is 2.29. The van der Waals surface area contributed by atoms with Gasteiger partial charge in [0.2, 0.25) is 0 Å². The van der Waals surface area contributed by atoms with Crippen LogP contribution in [0.4, 0.5) is 0 Å². The maximum absolute atomic E-state index is 5.93. The molecular weight excluding hydrogens is 261 g/mol. The molecule has 0 saturated heterocycles. The van der Waals surface area contributed by atoms with E-state index in [1.807, 2.05) is 6.92 Å². The van der Waals surface area contributed by atoms with Gasteiger partial charge in [-0.15, -0.1) is 46.4 Å². The van der Waals surface area contributed by atoms with Crippen molar-refractivity contribution in [2.45, 2.75) is 11.8 Å². The van der Waals surface area contributed by atoms with Crippen molar-refractivity contribution in [1.82, 2.24) is 0 Å². The fourth-order valence-corrected chi connectivity index (χ4v) is 2.26. The van der Waals surface area contributed by atoms with Gasteiger partial charge < -0.3 is 0 Å². The van der Waals surface area contributed by atoms with Crippen LogP contribution in [0.2, 0.25) is 0 Å². The summed E-state index contributed by atoms with van der Waals surface area (Å²) >= 11 is 28.5. The van der Waals surface area contributed by atoms with E-state index in [9.17, 15) is 0 Å². The zero-order valence-corrected chi connectivity index (χ0v) is 10.2. The number of alkyl halides is 4. The van der Waals surface area contributed by atoms with Crippen molar-refractivity contribution in [2.75, 3.05) is 11.8 Å². The molecule has 0 aromatic rings. The Morgan fingerprint density at radius 3 is 2.00 bits per heavy atom. The average Bonchev–Trinajstić information content (AvgIpc) is 2.03. The van der Waals surface area contributed by atoms with Crippen molar-refractivity contribution in [3.63, 3.8) is 0 Å². The third kappa shape index (κ3) is 3.93. The molecule has 0 heterocycles. The second-order valence-corrected chi connectivity index (χ2v) is 4.50. The lowest BCUT2D eigenvalue weighted by Gasteiger charge is -2.15. The molecule has 0 radical (unpaired) electrons. The van der Waals surface area contributed by atoms with Crippen LogP contribution in [0.25, 0.3) is 0 Å². The second-order valence-electron chi connectivity index (χ2n) is 2.36. The zero-order valence-electron chi connectivity index (χ0n) is 6.46. The molecule has 0 amide bonds. The number of hydrogen-bond donors (Lipinski definition) is 0. The van der Waals surface area contributed by atoms with E-state index in [1.165, 1.54) is 0 Å². The van der Waals surface area contributed by atoms with Crippen molar-refractivity contribution in [3.8, 4) is 0 Å². The summed E-state index contributed by atoms with van der Waals surface area (Å²) in [5.41, 5.74) is 0.857. The summed E-state index contributed by atoms with van der Waals surface area (Å²) in [6, 6.07) is 0. The van der Waals surface area contributed by atoms with E-state index in [0.717, 1.165) is 5.57 Å². The molecule has 0 nitrogen and oxygen atoms in total. The molecule has 5 heteroatoms. The molecule has 0 spiro atoms. The minimum atomic E-state index is -0.590. The van der Waals surface area contributed by atoms with Gasteiger partial charge in [0.15, 0.2) is 0 Å². The first-order valence-corrected chi connectivity index (χ1v) is 5.61. The number of rotatable bonds is 4.